The van der Waals surface area contributed by atoms with Crippen LogP contribution in [0.1, 0.15) is 34.2 Å². The normalized spacial score (nSPS) is 11.3. The fourth-order valence-electron chi connectivity index (χ4n) is 2.77. The van der Waals surface area contributed by atoms with Crippen LogP contribution < -0.4 is 11.1 Å². The quantitative estimate of drug-likeness (QED) is 0.505. The van der Waals surface area contributed by atoms with Gasteiger partial charge in [-0.2, -0.15) is 11.8 Å². The summed E-state index contributed by atoms with van der Waals surface area (Å²) in [4.78, 5) is 20.7. The van der Waals surface area contributed by atoms with E-state index in [1.165, 1.54) is 0 Å². The first-order chi connectivity index (χ1) is 12.1. The Bertz CT molecular complexity index is 867. The highest BCUT2D eigenvalue weighted by atomic mass is 35.5. The summed E-state index contributed by atoms with van der Waals surface area (Å²) in [5, 5.41) is 3.11. The zero-order valence-corrected chi connectivity index (χ0v) is 17.6. The first kappa shape index (κ1) is 23.1. The molecule has 0 saturated carbocycles. The molecule has 8 heteroatoms. The summed E-state index contributed by atoms with van der Waals surface area (Å²) < 4.78 is 0. The van der Waals surface area contributed by atoms with Gasteiger partial charge in [-0.15, -0.1) is 24.8 Å². The standard InChI is InChI=1S/C19H22N4OS.2ClH/c1-12-7-8-13(20)11-14(12)19(24)23-17(9-10-25-2)18-21-15-5-3-4-6-16(15)22-18;;/h3-8,11,17H,9-10,20H2,1-2H3,(H,21,22)(H,23,24);2*1H. The van der Waals surface area contributed by atoms with Crippen LogP contribution in [0.15, 0.2) is 42.5 Å². The SMILES string of the molecule is CSCCC(NC(=O)c1cc(N)ccc1C)c1nc2ccccc2[nH]1.Cl.Cl. The van der Waals surface area contributed by atoms with Crippen molar-refractivity contribution in [1.29, 1.82) is 0 Å². The number of benzene rings is 2. The van der Waals surface area contributed by atoms with Gasteiger partial charge in [-0.3, -0.25) is 4.79 Å². The van der Waals surface area contributed by atoms with Gasteiger partial charge in [0.15, 0.2) is 0 Å². The average molecular weight is 427 g/mol. The summed E-state index contributed by atoms with van der Waals surface area (Å²) in [7, 11) is 0. The molecular weight excluding hydrogens is 403 g/mol. The van der Waals surface area contributed by atoms with Gasteiger partial charge in [0, 0.05) is 11.3 Å². The van der Waals surface area contributed by atoms with E-state index in [0.717, 1.165) is 34.6 Å². The summed E-state index contributed by atoms with van der Waals surface area (Å²) in [6.45, 7) is 1.91. The highest BCUT2D eigenvalue weighted by molar-refractivity contribution is 7.98. The molecule has 5 nitrogen and oxygen atoms in total. The number of nitrogen functional groups attached to an aromatic ring is 1. The molecule has 146 valence electrons. The third-order valence-corrected chi connectivity index (χ3v) is 4.80. The van der Waals surface area contributed by atoms with Crippen molar-refractivity contribution in [2.75, 3.05) is 17.7 Å². The van der Waals surface area contributed by atoms with Crippen LogP contribution >= 0.6 is 36.6 Å². The number of fused-ring (bicyclic) bond motifs is 1. The molecule has 3 aromatic rings. The Morgan fingerprint density at radius 1 is 1.26 bits per heavy atom. The number of rotatable bonds is 6. The summed E-state index contributed by atoms with van der Waals surface area (Å²) in [6, 6.07) is 13.1. The smallest absolute Gasteiger partial charge is 0.252 e. The van der Waals surface area contributed by atoms with Crippen LogP contribution in [0.5, 0.6) is 0 Å². The van der Waals surface area contributed by atoms with Crippen molar-refractivity contribution in [3.8, 4) is 0 Å². The number of carbonyl (C=O) groups excluding carboxylic acids is 1. The van der Waals surface area contributed by atoms with Crippen LogP contribution in [-0.4, -0.2) is 27.9 Å². The van der Waals surface area contributed by atoms with Crippen molar-refractivity contribution in [1.82, 2.24) is 15.3 Å². The molecule has 0 saturated heterocycles. The molecule has 1 aromatic heterocycles. The van der Waals surface area contributed by atoms with E-state index in [2.05, 4.69) is 21.5 Å². The number of nitrogens with one attached hydrogen (secondary N) is 2. The van der Waals surface area contributed by atoms with Crippen molar-refractivity contribution in [2.45, 2.75) is 19.4 Å². The largest absolute Gasteiger partial charge is 0.399 e. The van der Waals surface area contributed by atoms with Crippen molar-refractivity contribution >= 4 is 59.2 Å². The Balaban J connectivity index is 0.00000182. The Labute approximate surface area is 175 Å². The first-order valence-electron chi connectivity index (χ1n) is 8.19. The molecule has 1 amide bonds. The van der Waals surface area contributed by atoms with Gasteiger partial charge in [0.05, 0.1) is 17.1 Å². The Hall–Kier alpha value is -1.89. The van der Waals surface area contributed by atoms with Gasteiger partial charge >= 0.3 is 0 Å². The molecule has 4 N–H and O–H groups in total. The van der Waals surface area contributed by atoms with Gasteiger partial charge in [0.25, 0.3) is 5.91 Å². The molecule has 0 spiro atoms. The second-order valence-corrected chi connectivity index (χ2v) is 7.01. The van der Waals surface area contributed by atoms with Gasteiger partial charge in [-0.1, -0.05) is 18.2 Å². The van der Waals surface area contributed by atoms with Crippen molar-refractivity contribution in [3.63, 3.8) is 0 Å². The maximum atomic E-state index is 12.8. The molecule has 0 fully saturated rings. The third-order valence-electron chi connectivity index (χ3n) is 4.16. The number of aryl methyl sites for hydroxylation is 1. The second-order valence-electron chi connectivity index (χ2n) is 6.02. The number of nitrogens with zero attached hydrogens (tertiary/aromatic N) is 1. The van der Waals surface area contributed by atoms with E-state index in [1.807, 2.05) is 37.3 Å². The minimum Gasteiger partial charge on any atom is -0.399 e. The molecule has 0 aliphatic heterocycles. The van der Waals surface area contributed by atoms with E-state index in [1.54, 1.807) is 23.9 Å². The third kappa shape index (κ3) is 5.54. The maximum Gasteiger partial charge on any atom is 0.252 e. The number of para-hydroxylation sites is 2. The number of hydrogen-bond acceptors (Lipinski definition) is 4. The number of carbonyl (C=O) groups is 1. The highest BCUT2D eigenvalue weighted by Gasteiger charge is 2.20. The molecule has 0 aliphatic rings. The molecule has 1 unspecified atom stereocenters. The fraction of sp³-hybridized carbons (Fsp3) is 0.263. The summed E-state index contributed by atoms with van der Waals surface area (Å²) >= 11 is 1.75. The lowest BCUT2D eigenvalue weighted by molar-refractivity contribution is 0.0933. The van der Waals surface area contributed by atoms with E-state index in [-0.39, 0.29) is 36.8 Å². The zero-order chi connectivity index (χ0) is 17.8. The number of thioether (sulfide) groups is 1. The van der Waals surface area contributed by atoms with Crippen molar-refractivity contribution < 1.29 is 4.79 Å². The Morgan fingerprint density at radius 2 is 2.00 bits per heavy atom. The summed E-state index contributed by atoms with van der Waals surface area (Å²) in [5.74, 6) is 1.58. The lowest BCUT2D eigenvalue weighted by Gasteiger charge is -2.17. The zero-order valence-electron chi connectivity index (χ0n) is 15.2. The number of aromatic nitrogens is 2. The molecule has 2 aromatic carbocycles. The minimum atomic E-state index is -0.173. The van der Waals surface area contributed by atoms with Gasteiger partial charge < -0.3 is 16.0 Å². The van der Waals surface area contributed by atoms with Gasteiger partial charge in [0.1, 0.15) is 5.82 Å². The van der Waals surface area contributed by atoms with E-state index in [0.29, 0.717) is 11.3 Å². The molecule has 1 heterocycles. The lowest BCUT2D eigenvalue weighted by atomic mass is 10.1. The molecule has 1 atom stereocenters. The van der Waals surface area contributed by atoms with E-state index in [4.69, 9.17) is 5.73 Å². The molecule has 3 rings (SSSR count). The van der Waals surface area contributed by atoms with Crippen LogP contribution in [0.3, 0.4) is 0 Å². The van der Waals surface area contributed by atoms with E-state index in [9.17, 15) is 4.79 Å². The minimum absolute atomic E-state index is 0. The second kappa shape index (κ2) is 10.4. The summed E-state index contributed by atoms with van der Waals surface area (Å²) in [5.41, 5.74) is 9.80. The number of imidazole rings is 1. The lowest BCUT2D eigenvalue weighted by Crippen LogP contribution is -2.30. The predicted octanol–water partition coefficient (Wildman–Crippen LogP) is 4.52. The number of anilines is 1. The predicted molar refractivity (Wildman–Crippen MR) is 119 cm³/mol. The van der Waals surface area contributed by atoms with Crippen LogP contribution in [0, 0.1) is 6.92 Å². The molecule has 0 bridgehead atoms. The number of amides is 1. The fourth-order valence-corrected chi connectivity index (χ4v) is 3.24. The van der Waals surface area contributed by atoms with E-state index >= 15 is 0 Å². The molecule has 0 radical (unpaired) electrons. The average Bonchev–Trinajstić information content (AvgIpc) is 3.04. The topological polar surface area (TPSA) is 83.8 Å². The van der Waals surface area contributed by atoms with Crippen LogP contribution in [0.4, 0.5) is 5.69 Å². The number of H-pyrrole nitrogens is 1. The molecule has 27 heavy (non-hydrogen) atoms. The summed E-state index contributed by atoms with van der Waals surface area (Å²) in [6.07, 6.45) is 2.85. The Morgan fingerprint density at radius 3 is 2.70 bits per heavy atom. The monoisotopic (exact) mass is 426 g/mol. The van der Waals surface area contributed by atoms with Crippen LogP contribution in [0.2, 0.25) is 0 Å². The van der Waals surface area contributed by atoms with Gasteiger partial charge in [0.2, 0.25) is 0 Å². The number of hydrogen-bond donors (Lipinski definition) is 3. The van der Waals surface area contributed by atoms with Crippen LogP contribution in [-0.2, 0) is 0 Å². The first-order valence-corrected chi connectivity index (χ1v) is 9.58. The number of nitrogens with two attached hydrogens (primary N) is 1. The van der Waals surface area contributed by atoms with Crippen LogP contribution in [0.25, 0.3) is 11.0 Å². The highest BCUT2D eigenvalue weighted by Crippen LogP contribution is 2.21. The van der Waals surface area contributed by atoms with Gasteiger partial charge in [-0.05, 0) is 55.2 Å². The number of halogens is 2. The Kier molecular flexibility index (Phi) is 8.96. The van der Waals surface area contributed by atoms with Gasteiger partial charge in [-0.25, -0.2) is 4.98 Å². The van der Waals surface area contributed by atoms with Crippen molar-refractivity contribution in [2.24, 2.45) is 0 Å². The number of aromatic amines is 1. The molecular formula is C19H24Cl2N4OS. The maximum absolute atomic E-state index is 12.8. The molecule has 0 aliphatic carbocycles. The van der Waals surface area contributed by atoms with Crippen molar-refractivity contribution in [3.05, 3.63) is 59.4 Å². The van der Waals surface area contributed by atoms with E-state index < -0.39 is 0 Å².